The predicted molar refractivity (Wildman–Crippen MR) is 132 cm³/mol. The van der Waals surface area contributed by atoms with Gasteiger partial charge >= 0.3 is 5.97 Å². The van der Waals surface area contributed by atoms with Crippen molar-refractivity contribution in [3.05, 3.63) is 71.9 Å². The van der Waals surface area contributed by atoms with Gasteiger partial charge in [0.15, 0.2) is 0 Å². The Hall–Kier alpha value is -3.61. The van der Waals surface area contributed by atoms with Crippen molar-refractivity contribution in [1.29, 1.82) is 0 Å². The molecule has 0 saturated heterocycles. The molecule has 3 rings (SSSR count). The van der Waals surface area contributed by atoms with Gasteiger partial charge in [0.2, 0.25) is 11.8 Å². The van der Waals surface area contributed by atoms with E-state index < -0.39 is 23.3 Å². The number of carboxylic acids is 1. The van der Waals surface area contributed by atoms with Crippen LogP contribution >= 0.6 is 0 Å². The molecule has 180 valence electrons. The fourth-order valence-electron chi connectivity index (χ4n) is 3.91. The van der Waals surface area contributed by atoms with Gasteiger partial charge in [0.05, 0.1) is 5.92 Å². The standard InChI is InChI=1S/C27H33N3O4/c1-27(2,3)26(34)29-23(15-19-16-28-22-13-9-8-12-21(19)22)24(31)30(4)17-20(25(32)33)14-18-10-6-5-7-11-18/h5-13,16,20,23,28H,14-15,17H2,1-4H3,(H,29,34)(H,32,33). The number of fused-ring (bicyclic) bond motifs is 1. The van der Waals surface area contributed by atoms with Crippen molar-refractivity contribution >= 4 is 28.7 Å². The number of nitrogens with one attached hydrogen (secondary N) is 2. The number of aromatic amines is 1. The summed E-state index contributed by atoms with van der Waals surface area (Å²) in [5, 5.41) is 13.7. The molecule has 1 aromatic heterocycles. The zero-order valence-electron chi connectivity index (χ0n) is 20.2. The molecular weight excluding hydrogens is 430 g/mol. The zero-order chi connectivity index (χ0) is 24.9. The number of carbonyl (C=O) groups is 3. The van der Waals surface area contributed by atoms with Crippen LogP contribution in [0.1, 0.15) is 31.9 Å². The molecule has 2 atom stereocenters. The molecule has 1 heterocycles. The SMILES string of the molecule is CN(CC(Cc1ccccc1)C(=O)O)C(=O)C(Cc1c[nH]c2ccccc12)NC(=O)C(C)(C)C. The summed E-state index contributed by atoms with van der Waals surface area (Å²) in [6.45, 7) is 5.41. The van der Waals surface area contributed by atoms with E-state index in [2.05, 4.69) is 10.3 Å². The number of amides is 2. The van der Waals surface area contributed by atoms with Crippen LogP contribution in [0.4, 0.5) is 0 Å². The monoisotopic (exact) mass is 463 g/mol. The van der Waals surface area contributed by atoms with Crippen molar-refractivity contribution in [3.63, 3.8) is 0 Å². The molecule has 0 aliphatic rings. The minimum atomic E-state index is -0.963. The van der Waals surface area contributed by atoms with Gasteiger partial charge in [0, 0.05) is 42.5 Å². The third-order valence-corrected chi connectivity index (χ3v) is 5.93. The van der Waals surface area contributed by atoms with Crippen molar-refractivity contribution < 1.29 is 19.5 Å². The topological polar surface area (TPSA) is 102 Å². The van der Waals surface area contributed by atoms with Crippen LogP contribution in [0.3, 0.4) is 0 Å². The number of rotatable bonds is 9. The van der Waals surface area contributed by atoms with E-state index in [-0.39, 0.29) is 18.4 Å². The quantitative estimate of drug-likeness (QED) is 0.451. The van der Waals surface area contributed by atoms with Gasteiger partial charge in [-0.3, -0.25) is 14.4 Å². The molecule has 3 aromatic rings. The second kappa shape index (κ2) is 10.5. The number of carboxylic acid groups (broad SMARTS) is 1. The maximum atomic E-state index is 13.5. The molecule has 7 nitrogen and oxygen atoms in total. The molecule has 0 radical (unpaired) electrons. The molecule has 0 saturated carbocycles. The Labute approximate surface area is 200 Å². The summed E-state index contributed by atoms with van der Waals surface area (Å²) < 4.78 is 0. The number of benzene rings is 2. The molecule has 2 aromatic carbocycles. The molecule has 0 aliphatic carbocycles. The molecule has 2 unspecified atom stereocenters. The summed E-state index contributed by atoms with van der Waals surface area (Å²) >= 11 is 0. The Morgan fingerprint density at radius 1 is 1.00 bits per heavy atom. The molecule has 0 fully saturated rings. The first-order chi connectivity index (χ1) is 16.1. The van der Waals surface area contributed by atoms with Crippen molar-refractivity contribution in [3.8, 4) is 0 Å². The zero-order valence-corrected chi connectivity index (χ0v) is 20.2. The highest BCUT2D eigenvalue weighted by Crippen LogP contribution is 2.21. The highest BCUT2D eigenvalue weighted by Gasteiger charge is 2.31. The first-order valence-electron chi connectivity index (χ1n) is 11.4. The summed E-state index contributed by atoms with van der Waals surface area (Å²) in [5.74, 6) is -2.28. The summed E-state index contributed by atoms with van der Waals surface area (Å²) in [5.41, 5.74) is 2.09. The summed E-state index contributed by atoms with van der Waals surface area (Å²) in [4.78, 5) is 42.8. The number of nitrogens with zero attached hydrogens (tertiary/aromatic N) is 1. The molecular formula is C27H33N3O4. The summed E-state index contributed by atoms with van der Waals surface area (Å²) in [7, 11) is 1.59. The maximum absolute atomic E-state index is 13.5. The Kier molecular flexibility index (Phi) is 7.76. The number of para-hydroxylation sites is 1. The highest BCUT2D eigenvalue weighted by atomic mass is 16.4. The lowest BCUT2D eigenvalue weighted by molar-refractivity contribution is -0.144. The van der Waals surface area contributed by atoms with Crippen LogP contribution < -0.4 is 5.32 Å². The van der Waals surface area contributed by atoms with Crippen molar-refractivity contribution in [1.82, 2.24) is 15.2 Å². The molecule has 3 N–H and O–H groups in total. The van der Waals surface area contributed by atoms with E-state index in [0.29, 0.717) is 12.8 Å². The van der Waals surface area contributed by atoms with Crippen LogP contribution in [0.5, 0.6) is 0 Å². The van der Waals surface area contributed by atoms with Crippen molar-refractivity contribution in [2.75, 3.05) is 13.6 Å². The number of aromatic nitrogens is 1. The van der Waals surface area contributed by atoms with Gasteiger partial charge in [0.1, 0.15) is 6.04 Å². The van der Waals surface area contributed by atoms with Gasteiger partial charge in [-0.15, -0.1) is 0 Å². The van der Waals surface area contributed by atoms with Gasteiger partial charge in [-0.25, -0.2) is 0 Å². The summed E-state index contributed by atoms with van der Waals surface area (Å²) in [6, 6.07) is 16.3. The lowest BCUT2D eigenvalue weighted by Crippen LogP contribution is -2.52. The van der Waals surface area contributed by atoms with Crippen molar-refractivity contribution in [2.24, 2.45) is 11.3 Å². The smallest absolute Gasteiger partial charge is 0.308 e. The van der Waals surface area contributed by atoms with Crippen LogP contribution in [0.15, 0.2) is 60.8 Å². The Bertz CT molecular complexity index is 1150. The molecule has 2 amide bonds. The molecule has 34 heavy (non-hydrogen) atoms. The van der Waals surface area contributed by atoms with E-state index in [9.17, 15) is 19.5 Å². The molecule has 0 aliphatic heterocycles. The predicted octanol–water partition coefficient (Wildman–Crippen LogP) is 3.64. The first-order valence-corrected chi connectivity index (χ1v) is 11.4. The lowest BCUT2D eigenvalue weighted by atomic mass is 9.94. The largest absolute Gasteiger partial charge is 0.481 e. The molecule has 0 spiro atoms. The fourth-order valence-corrected chi connectivity index (χ4v) is 3.91. The highest BCUT2D eigenvalue weighted by molar-refractivity contribution is 5.91. The Morgan fingerprint density at radius 2 is 1.65 bits per heavy atom. The molecule has 7 heteroatoms. The van der Waals surface area contributed by atoms with Gasteiger partial charge in [-0.05, 0) is 23.6 Å². The number of H-pyrrole nitrogens is 1. The van der Waals surface area contributed by atoms with Gasteiger partial charge in [0.25, 0.3) is 0 Å². The number of hydrogen-bond acceptors (Lipinski definition) is 3. The minimum absolute atomic E-state index is 0.0405. The average molecular weight is 464 g/mol. The van der Waals surface area contributed by atoms with Crippen LogP contribution in [-0.4, -0.2) is 52.4 Å². The van der Waals surface area contributed by atoms with E-state index in [4.69, 9.17) is 0 Å². The number of hydrogen-bond donors (Lipinski definition) is 3. The van der Waals surface area contributed by atoms with E-state index in [0.717, 1.165) is 22.0 Å². The van der Waals surface area contributed by atoms with Gasteiger partial charge in [-0.2, -0.15) is 0 Å². The summed E-state index contributed by atoms with van der Waals surface area (Å²) in [6.07, 6.45) is 2.46. The van der Waals surface area contributed by atoms with Crippen LogP contribution in [0.25, 0.3) is 10.9 Å². The lowest BCUT2D eigenvalue weighted by Gasteiger charge is -2.29. The Morgan fingerprint density at radius 3 is 2.29 bits per heavy atom. The van der Waals surface area contributed by atoms with Crippen LogP contribution in [-0.2, 0) is 27.2 Å². The Balaban J connectivity index is 1.81. The second-order valence-electron chi connectivity index (χ2n) is 9.78. The first kappa shape index (κ1) is 25.0. The van der Waals surface area contributed by atoms with Crippen LogP contribution in [0, 0.1) is 11.3 Å². The molecule has 0 bridgehead atoms. The fraction of sp³-hybridized carbons (Fsp3) is 0.370. The minimum Gasteiger partial charge on any atom is -0.481 e. The third-order valence-electron chi connectivity index (χ3n) is 5.93. The number of aliphatic carboxylic acids is 1. The maximum Gasteiger partial charge on any atom is 0.308 e. The number of likely N-dealkylation sites (N-methyl/N-ethyl adjacent to an activating group) is 1. The average Bonchev–Trinajstić information content (AvgIpc) is 3.20. The van der Waals surface area contributed by atoms with E-state index >= 15 is 0 Å². The normalized spacial score (nSPS) is 13.3. The van der Waals surface area contributed by atoms with E-state index in [1.807, 2.05) is 60.8 Å². The van der Waals surface area contributed by atoms with Gasteiger partial charge < -0.3 is 20.3 Å². The number of carbonyl (C=O) groups excluding carboxylic acids is 2. The van der Waals surface area contributed by atoms with E-state index in [1.54, 1.807) is 27.8 Å². The van der Waals surface area contributed by atoms with Crippen molar-refractivity contribution in [2.45, 2.75) is 39.7 Å². The second-order valence-corrected chi connectivity index (χ2v) is 9.78. The van der Waals surface area contributed by atoms with Gasteiger partial charge in [-0.1, -0.05) is 69.3 Å². The van der Waals surface area contributed by atoms with Crippen LogP contribution in [0.2, 0.25) is 0 Å². The third kappa shape index (κ3) is 6.25. The van der Waals surface area contributed by atoms with E-state index in [1.165, 1.54) is 4.90 Å².